The van der Waals surface area contributed by atoms with Crippen molar-refractivity contribution in [2.24, 2.45) is 0 Å². The number of hydrogen-bond donors (Lipinski definition) is 2. The highest BCUT2D eigenvalue weighted by atomic mass is 16.5. The molecule has 206 valence electrons. The molecule has 4 rings (SSSR count). The van der Waals surface area contributed by atoms with E-state index in [1.165, 1.54) is 0 Å². The summed E-state index contributed by atoms with van der Waals surface area (Å²) < 4.78 is 11.9. The predicted molar refractivity (Wildman–Crippen MR) is 162 cm³/mol. The van der Waals surface area contributed by atoms with Crippen LogP contribution in [0.1, 0.15) is 61.4 Å². The minimum absolute atomic E-state index is 0.250. The third-order valence-corrected chi connectivity index (χ3v) is 5.71. The van der Waals surface area contributed by atoms with Crippen LogP contribution in [0.5, 0.6) is 17.2 Å². The Morgan fingerprint density at radius 1 is 0.795 bits per heavy atom. The molecule has 0 aromatic heterocycles. The Morgan fingerprint density at radius 3 is 1.82 bits per heavy atom. The number of ether oxygens (including phenoxy) is 2. The van der Waals surface area contributed by atoms with Crippen molar-refractivity contribution in [2.75, 3.05) is 6.61 Å². The van der Waals surface area contributed by atoms with Gasteiger partial charge in [-0.3, -0.25) is 0 Å². The number of phenols is 1. The standard InChI is InChI=1S/C23H22O2.C10H14O.C2H6O/c1-18(2)22-14-13-21(24-16-19-9-5-3-6-10-19)15-23(22)25-17-20-11-7-4-8-12-20;1-7(2)9-5-4-8(3)6-10(9)11;1-2-3/h3-15H,1,16-17H2,2H3;4-7,11H,1-3H3;3H,2H2,1H3. The summed E-state index contributed by atoms with van der Waals surface area (Å²) in [4.78, 5) is 0. The minimum Gasteiger partial charge on any atom is -0.508 e. The Hall–Kier alpha value is -4.02. The van der Waals surface area contributed by atoms with Crippen LogP contribution in [0.15, 0.2) is 104 Å². The first kappa shape index (κ1) is 31.2. The van der Waals surface area contributed by atoms with Crippen LogP contribution in [0.4, 0.5) is 0 Å². The third-order valence-electron chi connectivity index (χ3n) is 5.71. The molecule has 2 N–H and O–H groups in total. The van der Waals surface area contributed by atoms with E-state index in [9.17, 15) is 5.11 Å². The summed E-state index contributed by atoms with van der Waals surface area (Å²) in [5.74, 6) is 2.40. The van der Waals surface area contributed by atoms with Gasteiger partial charge in [-0.2, -0.15) is 0 Å². The van der Waals surface area contributed by atoms with Crippen LogP contribution in [0.25, 0.3) is 5.57 Å². The molecule has 39 heavy (non-hydrogen) atoms. The number of rotatable bonds is 8. The van der Waals surface area contributed by atoms with Gasteiger partial charge < -0.3 is 19.7 Å². The SMILES string of the molecule is C=C(C)c1ccc(OCc2ccccc2)cc1OCc1ccccc1.CCO.Cc1ccc(C(C)C)c(O)c1. The summed E-state index contributed by atoms with van der Waals surface area (Å²) >= 11 is 0. The van der Waals surface area contributed by atoms with Crippen LogP contribution >= 0.6 is 0 Å². The predicted octanol–water partition coefficient (Wildman–Crippen LogP) is 8.70. The molecule has 0 aliphatic heterocycles. The van der Waals surface area contributed by atoms with E-state index in [0.717, 1.165) is 44.9 Å². The van der Waals surface area contributed by atoms with Gasteiger partial charge in [-0.05, 0) is 72.7 Å². The molecule has 4 aromatic carbocycles. The number of aryl methyl sites for hydroxylation is 1. The molecule has 0 saturated heterocycles. The number of aromatic hydroxyl groups is 1. The Labute approximate surface area is 234 Å². The average molecular weight is 527 g/mol. The topological polar surface area (TPSA) is 58.9 Å². The van der Waals surface area contributed by atoms with Crippen molar-refractivity contribution in [3.8, 4) is 17.2 Å². The fourth-order valence-corrected chi connectivity index (χ4v) is 3.68. The molecule has 4 heteroatoms. The van der Waals surface area contributed by atoms with Gasteiger partial charge >= 0.3 is 0 Å². The maximum atomic E-state index is 9.46. The van der Waals surface area contributed by atoms with Gasteiger partial charge in [0.25, 0.3) is 0 Å². The molecule has 4 nitrogen and oxygen atoms in total. The number of hydrogen-bond acceptors (Lipinski definition) is 4. The molecule has 0 bridgehead atoms. The molecule has 4 aromatic rings. The monoisotopic (exact) mass is 526 g/mol. The van der Waals surface area contributed by atoms with E-state index in [-0.39, 0.29) is 6.61 Å². The van der Waals surface area contributed by atoms with Crippen molar-refractivity contribution in [1.82, 2.24) is 0 Å². The number of allylic oxidation sites excluding steroid dienone is 1. The highest BCUT2D eigenvalue weighted by molar-refractivity contribution is 5.68. The number of phenolic OH excluding ortho intramolecular Hbond substituents is 1. The second-order valence-electron chi connectivity index (χ2n) is 9.52. The Bertz CT molecular complexity index is 1260. The number of aliphatic hydroxyl groups is 1. The summed E-state index contributed by atoms with van der Waals surface area (Å²) in [6.45, 7) is 15.1. The quantitative estimate of drug-likeness (QED) is 0.241. The van der Waals surface area contributed by atoms with Gasteiger partial charge in [0.05, 0.1) is 0 Å². The summed E-state index contributed by atoms with van der Waals surface area (Å²) in [7, 11) is 0. The molecule has 0 fully saturated rings. The van der Waals surface area contributed by atoms with E-state index >= 15 is 0 Å². The summed E-state index contributed by atoms with van der Waals surface area (Å²) in [6, 6.07) is 32.0. The first-order valence-electron chi connectivity index (χ1n) is 13.3. The zero-order valence-electron chi connectivity index (χ0n) is 23.9. The van der Waals surface area contributed by atoms with Gasteiger partial charge in [-0.25, -0.2) is 0 Å². The Morgan fingerprint density at radius 2 is 1.33 bits per heavy atom. The zero-order chi connectivity index (χ0) is 28.6. The molecule has 0 atom stereocenters. The van der Waals surface area contributed by atoms with Crippen LogP contribution in [0.3, 0.4) is 0 Å². The maximum absolute atomic E-state index is 9.46. The normalized spacial score (nSPS) is 10.0. The van der Waals surface area contributed by atoms with Crippen LogP contribution in [-0.2, 0) is 13.2 Å². The van der Waals surface area contributed by atoms with Crippen molar-refractivity contribution in [3.05, 3.63) is 131 Å². The van der Waals surface area contributed by atoms with Gasteiger partial charge in [-0.1, -0.05) is 93.2 Å². The molecule has 0 radical (unpaired) electrons. The fraction of sp³-hybridized carbons (Fsp3) is 0.257. The molecular weight excluding hydrogens is 484 g/mol. The average Bonchev–Trinajstić information content (AvgIpc) is 2.92. The van der Waals surface area contributed by atoms with Crippen molar-refractivity contribution in [1.29, 1.82) is 0 Å². The summed E-state index contributed by atoms with van der Waals surface area (Å²) in [5.41, 5.74) is 6.37. The molecule has 0 unspecified atom stereocenters. The minimum atomic E-state index is 0.250. The molecule has 0 heterocycles. The Balaban J connectivity index is 0.000000317. The van der Waals surface area contributed by atoms with Gasteiger partial charge in [0, 0.05) is 18.2 Å². The summed E-state index contributed by atoms with van der Waals surface area (Å²) in [5, 5.41) is 17.0. The second-order valence-corrected chi connectivity index (χ2v) is 9.52. The van der Waals surface area contributed by atoms with E-state index in [1.54, 1.807) is 13.0 Å². The largest absolute Gasteiger partial charge is 0.508 e. The Kier molecular flexibility index (Phi) is 13.4. The third kappa shape index (κ3) is 11.1. The zero-order valence-corrected chi connectivity index (χ0v) is 23.9. The molecule has 0 saturated carbocycles. The lowest BCUT2D eigenvalue weighted by Crippen LogP contribution is -2.00. The van der Waals surface area contributed by atoms with Crippen LogP contribution < -0.4 is 9.47 Å². The van der Waals surface area contributed by atoms with Gasteiger partial charge in [0.1, 0.15) is 30.5 Å². The van der Waals surface area contributed by atoms with Crippen molar-refractivity contribution in [3.63, 3.8) is 0 Å². The highest BCUT2D eigenvalue weighted by Crippen LogP contribution is 2.30. The van der Waals surface area contributed by atoms with Crippen molar-refractivity contribution < 1.29 is 19.7 Å². The van der Waals surface area contributed by atoms with E-state index in [0.29, 0.717) is 24.9 Å². The number of benzene rings is 4. The van der Waals surface area contributed by atoms with E-state index in [4.69, 9.17) is 14.6 Å². The summed E-state index contributed by atoms with van der Waals surface area (Å²) in [6.07, 6.45) is 0. The van der Waals surface area contributed by atoms with E-state index in [1.807, 2.05) is 80.6 Å². The van der Waals surface area contributed by atoms with Gasteiger partial charge in [-0.15, -0.1) is 0 Å². The fourth-order valence-electron chi connectivity index (χ4n) is 3.68. The highest BCUT2D eigenvalue weighted by Gasteiger charge is 2.08. The van der Waals surface area contributed by atoms with Gasteiger partial charge in [0.15, 0.2) is 0 Å². The lowest BCUT2D eigenvalue weighted by atomic mass is 10.0. The molecule has 0 aliphatic rings. The van der Waals surface area contributed by atoms with Crippen LogP contribution in [-0.4, -0.2) is 16.8 Å². The first-order valence-corrected chi connectivity index (χ1v) is 13.3. The van der Waals surface area contributed by atoms with Crippen LogP contribution in [0, 0.1) is 6.92 Å². The lowest BCUT2D eigenvalue weighted by molar-refractivity contribution is 0.289. The first-order chi connectivity index (χ1) is 18.7. The smallest absolute Gasteiger partial charge is 0.130 e. The molecular formula is C35H42O4. The van der Waals surface area contributed by atoms with Crippen LogP contribution in [0.2, 0.25) is 0 Å². The van der Waals surface area contributed by atoms with Gasteiger partial charge in [0.2, 0.25) is 0 Å². The van der Waals surface area contributed by atoms with E-state index < -0.39 is 0 Å². The number of aliphatic hydroxyl groups excluding tert-OH is 1. The molecule has 0 aliphatic carbocycles. The van der Waals surface area contributed by atoms with Crippen molar-refractivity contribution in [2.45, 2.75) is 53.8 Å². The molecule has 0 spiro atoms. The van der Waals surface area contributed by atoms with Crippen molar-refractivity contribution >= 4 is 5.57 Å². The second kappa shape index (κ2) is 16.7. The maximum Gasteiger partial charge on any atom is 0.130 e. The lowest BCUT2D eigenvalue weighted by Gasteiger charge is -2.14. The molecule has 0 amide bonds. The van der Waals surface area contributed by atoms with E-state index in [2.05, 4.69) is 44.7 Å².